The molecule has 0 N–H and O–H groups in total. The van der Waals surface area contributed by atoms with Crippen LogP contribution in [-0.4, -0.2) is 11.0 Å². The minimum Gasteiger partial charge on any atom is -0.157 e. The molecular weight excluding hydrogens is 164 g/mol. The lowest BCUT2D eigenvalue weighted by atomic mass is 9.62. The summed E-state index contributed by atoms with van der Waals surface area (Å²) in [6.07, 6.45) is 6.25. The van der Waals surface area contributed by atoms with Crippen molar-refractivity contribution in [2.45, 2.75) is 37.9 Å². The van der Waals surface area contributed by atoms with Crippen LogP contribution in [0.25, 0.3) is 0 Å². The molecule has 4 unspecified atom stereocenters. The van der Waals surface area contributed by atoms with Gasteiger partial charge in [0.25, 0.3) is 0 Å². The summed E-state index contributed by atoms with van der Waals surface area (Å²) in [6, 6.07) is 0. The highest BCUT2D eigenvalue weighted by atomic mass is 32.2. The van der Waals surface area contributed by atoms with Crippen molar-refractivity contribution >= 4 is 11.8 Å². The molecule has 0 aromatic heterocycles. The lowest BCUT2D eigenvalue weighted by Gasteiger charge is -2.44. The third-order valence-electron chi connectivity index (χ3n) is 4.09. The van der Waals surface area contributed by atoms with Crippen LogP contribution in [0.3, 0.4) is 0 Å². The fraction of sp³-hybridized carbons (Fsp3) is 1.00. The van der Waals surface area contributed by atoms with E-state index in [1.165, 1.54) is 17.6 Å². The van der Waals surface area contributed by atoms with E-state index in [9.17, 15) is 0 Å². The van der Waals surface area contributed by atoms with Gasteiger partial charge in [-0.15, -0.1) is 0 Å². The first-order valence-corrected chi connectivity index (χ1v) is 6.51. The van der Waals surface area contributed by atoms with Crippen LogP contribution in [0.2, 0.25) is 0 Å². The van der Waals surface area contributed by atoms with Gasteiger partial charge in [-0.25, -0.2) is 0 Å². The maximum Gasteiger partial charge on any atom is 0.0141 e. The highest BCUT2D eigenvalue weighted by molar-refractivity contribution is 8.06. The predicted molar refractivity (Wildman–Crippen MR) is 54.3 cm³/mol. The second-order valence-electron chi connectivity index (χ2n) is 5.07. The van der Waals surface area contributed by atoms with Crippen molar-refractivity contribution in [3.8, 4) is 0 Å². The molecule has 4 atom stereocenters. The van der Waals surface area contributed by atoms with Gasteiger partial charge in [-0.1, -0.05) is 6.92 Å². The van der Waals surface area contributed by atoms with E-state index in [0.29, 0.717) is 0 Å². The normalized spacial score (nSPS) is 51.8. The fourth-order valence-electron chi connectivity index (χ4n) is 2.99. The number of thioether (sulfide) groups is 1. The van der Waals surface area contributed by atoms with Crippen LogP contribution >= 0.6 is 11.8 Å². The molecule has 3 fully saturated rings. The molecule has 2 saturated carbocycles. The Balaban J connectivity index is 1.57. The van der Waals surface area contributed by atoms with E-state index < -0.39 is 0 Å². The molecule has 3 aliphatic rings. The topological polar surface area (TPSA) is 0 Å². The van der Waals surface area contributed by atoms with Crippen LogP contribution in [0.5, 0.6) is 0 Å². The summed E-state index contributed by atoms with van der Waals surface area (Å²) >= 11 is 2.18. The summed E-state index contributed by atoms with van der Waals surface area (Å²) < 4.78 is 0. The molecule has 0 aromatic carbocycles. The third-order valence-corrected chi connectivity index (χ3v) is 5.09. The summed E-state index contributed by atoms with van der Waals surface area (Å²) in [4.78, 5) is 0. The third kappa shape index (κ3) is 1.30. The molecule has 0 aromatic rings. The van der Waals surface area contributed by atoms with Crippen molar-refractivity contribution in [3.05, 3.63) is 0 Å². The standard InChI is InChI=1S/C11H18S/c1-7-4-11(8-2-3-8)10(7)5-9-6-12-9/h7-11H,2-6H2,1H3. The molecule has 2 aliphatic carbocycles. The van der Waals surface area contributed by atoms with Gasteiger partial charge in [-0.3, -0.25) is 0 Å². The summed E-state index contributed by atoms with van der Waals surface area (Å²) in [7, 11) is 0. The highest BCUT2D eigenvalue weighted by Crippen LogP contribution is 2.56. The van der Waals surface area contributed by atoms with E-state index in [1.807, 2.05) is 0 Å². The van der Waals surface area contributed by atoms with Crippen molar-refractivity contribution < 1.29 is 0 Å². The summed E-state index contributed by atoms with van der Waals surface area (Å²) in [6.45, 7) is 2.47. The van der Waals surface area contributed by atoms with Gasteiger partial charge in [0, 0.05) is 11.0 Å². The summed E-state index contributed by atoms with van der Waals surface area (Å²) in [5, 5.41) is 1.08. The molecule has 1 heterocycles. The lowest BCUT2D eigenvalue weighted by molar-refractivity contribution is 0.0612. The zero-order valence-electron chi connectivity index (χ0n) is 7.83. The Bertz CT molecular complexity index is 181. The molecule has 68 valence electrons. The van der Waals surface area contributed by atoms with E-state index in [4.69, 9.17) is 0 Å². The zero-order valence-corrected chi connectivity index (χ0v) is 8.65. The van der Waals surface area contributed by atoms with Gasteiger partial charge in [0.1, 0.15) is 0 Å². The molecule has 1 heteroatoms. The Morgan fingerprint density at radius 2 is 2.08 bits per heavy atom. The van der Waals surface area contributed by atoms with E-state index in [-0.39, 0.29) is 0 Å². The molecule has 1 aliphatic heterocycles. The number of hydrogen-bond acceptors (Lipinski definition) is 1. The van der Waals surface area contributed by atoms with Gasteiger partial charge in [-0.2, -0.15) is 11.8 Å². The highest BCUT2D eigenvalue weighted by Gasteiger charge is 2.47. The Hall–Kier alpha value is 0.350. The summed E-state index contributed by atoms with van der Waals surface area (Å²) in [5.41, 5.74) is 0. The fourth-order valence-corrected chi connectivity index (χ4v) is 3.62. The van der Waals surface area contributed by atoms with Gasteiger partial charge in [0.05, 0.1) is 0 Å². The molecule has 3 rings (SSSR count). The Kier molecular flexibility index (Phi) is 1.72. The van der Waals surface area contributed by atoms with E-state index >= 15 is 0 Å². The van der Waals surface area contributed by atoms with E-state index in [1.54, 1.807) is 25.7 Å². The smallest absolute Gasteiger partial charge is 0.0141 e. The van der Waals surface area contributed by atoms with Crippen molar-refractivity contribution in [2.24, 2.45) is 23.7 Å². The van der Waals surface area contributed by atoms with Crippen molar-refractivity contribution in [1.82, 2.24) is 0 Å². The lowest BCUT2D eigenvalue weighted by Crippen LogP contribution is -2.37. The average Bonchev–Trinajstić information content (AvgIpc) is 2.87. The molecule has 0 radical (unpaired) electrons. The largest absolute Gasteiger partial charge is 0.157 e. The molecule has 0 nitrogen and oxygen atoms in total. The van der Waals surface area contributed by atoms with Gasteiger partial charge in [-0.05, 0) is 49.4 Å². The maximum atomic E-state index is 2.47. The van der Waals surface area contributed by atoms with Crippen LogP contribution in [0.4, 0.5) is 0 Å². The molecule has 12 heavy (non-hydrogen) atoms. The Morgan fingerprint density at radius 1 is 1.33 bits per heavy atom. The second-order valence-corrected chi connectivity index (χ2v) is 6.40. The quantitative estimate of drug-likeness (QED) is 0.604. The van der Waals surface area contributed by atoms with Crippen LogP contribution < -0.4 is 0 Å². The van der Waals surface area contributed by atoms with Crippen molar-refractivity contribution in [2.75, 3.05) is 5.75 Å². The van der Waals surface area contributed by atoms with Gasteiger partial charge >= 0.3 is 0 Å². The molecule has 0 spiro atoms. The van der Waals surface area contributed by atoms with Crippen molar-refractivity contribution in [1.29, 1.82) is 0 Å². The van der Waals surface area contributed by atoms with Crippen molar-refractivity contribution in [3.63, 3.8) is 0 Å². The summed E-state index contributed by atoms with van der Waals surface area (Å²) in [5.74, 6) is 6.02. The molecule has 1 saturated heterocycles. The molecule has 0 bridgehead atoms. The molecule has 0 amide bonds. The first-order chi connectivity index (χ1) is 5.84. The van der Waals surface area contributed by atoms with Gasteiger partial charge in [0.15, 0.2) is 0 Å². The van der Waals surface area contributed by atoms with E-state index in [2.05, 4.69) is 18.7 Å². The first-order valence-electron chi connectivity index (χ1n) is 5.46. The zero-order chi connectivity index (χ0) is 8.13. The monoisotopic (exact) mass is 182 g/mol. The van der Waals surface area contributed by atoms with Gasteiger partial charge < -0.3 is 0 Å². The van der Waals surface area contributed by atoms with Crippen LogP contribution in [0.1, 0.15) is 32.6 Å². The minimum atomic E-state index is 1.07. The number of hydrogen-bond donors (Lipinski definition) is 0. The average molecular weight is 182 g/mol. The Morgan fingerprint density at radius 3 is 2.58 bits per heavy atom. The van der Waals surface area contributed by atoms with E-state index in [0.717, 1.165) is 17.1 Å². The van der Waals surface area contributed by atoms with Crippen LogP contribution in [0.15, 0.2) is 0 Å². The van der Waals surface area contributed by atoms with Crippen LogP contribution in [0, 0.1) is 23.7 Å². The molecular formula is C11H18S. The van der Waals surface area contributed by atoms with Gasteiger partial charge in [0.2, 0.25) is 0 Å². The van der Waals surface area contributed by atoms with Crippen LogP contribution in [-0.2, 0) is 0 Å². The minimum absolute atomic E-state index is 1.07. The predicted octanol–water partition coefficient (Wildman–Crippen LogP) is 3.17. The SMILES string of the molecule is CC1CC(C2CC2)C1CC1CS1. The number of rotatable bonds is 3. The first kappa shape index (κ1) is 7.73. The second kappa shape index (κ2) is 2.67. The Labute approximate surface area is 79.5 Å². The maximum absolute atomic E-state index is 2.47.